The van der Waals surface area contributed by atoms with Gasteiger partial charge in [0.25, 0.3) is 0 Å². The third kappa shape index (κ3) is 3.73. The highest BCUT2D eigenvalue weighted by Crippen LogP contribution is 2.02. The first-order chi connectivity index (χ1) is 6.12. The second kappa shape index (κ2) is 4.57. The molecule has 1 fully saturated rings. The van der Waals surface area contributed by atoms with Gasteiger partial charge in [-0.05, 0) is 13.0 Å². The van der Waals surface area contributed by atoms with E-state index in [-0.39, 0.29) is 6.54 Å². The van der Waals surface area contributed by atoms with E-state index in [2.05, 4.69) is 9.68 Å². The summed E-state index contributed by atoms with van der Waals surface area (Å²) in [5.74, 6) is -0.0203. The molecule has 2 N–H and O–H groups in total. The lowest BCUT2D eigenvalue weighted by Gasteiger charge is -2.03. The maximum absolute atomic E-state index is 11.9. The number of carboxylic acids is 1. The standard InChI is InChI=1S/C7H14N2O3S/c10-7(11)6-9-13(12)4-1-2-8-3-5-13/h8H,1-6H2,(H,10,11). The van der Waals surface area contributed by atoms with Crippen molar-refractivity contribution in [1.82, 2.24) is 5.32 Å². The molecule has 0 amide bonds. The van der Waals surface area contributed by atoms with Gasteiger partial charge in [-0.25, -0.2) is 8.57 Å². The van der Waals surface area contributed by atoms with Crippen molar-refractivity contribution in [1.29, 1.82) is 0 Å². The number of hydrogen-bond donors (Lipinski definition) is 2. The zero-order valence-corrected chi connectivity index (χ0v) is 8.18. The van der Waals surface area contributed by atoms with Crippen LogP contribution >= 0.6 is 0 Å². The molecule has 0 radical (unpaired) electrons. The molecule has 13 heavy (non-hydrogen) atoms. The van der Waals surface area contributed by atoms with Gasteiger partial charge in [-0.3, -0.25) is 4.79 Å². The second-order valence-corrected chi connectivity index (χ2v) is 5.59. The number of rotatable bonds is 2. The van der Waals surface area contributed by atoms with Crippen molar-refractivity contribution < 1.29 is 14.1 Å². The monoisotopic (exact) mass is 206 g/mol. The van der Waals surface area contributed by atoms with E-state index in [4.69, 9.17) is 5.11 Å². The number of nitrogens with zero attached hydrogens (tertiary/aromatic N) is 1. The van der Waals surface area contributed by atoms with E-state index in [9.17, 15) is 9.00 Å². The van der Waals surface area contributed by atoms with Crippen LogP contribution in [0.5, 0.6) is 0 Å². The van der Waals surface area contributed by atoms with Gasteiger partial charge in [0.15, 0.2) is 0 Å². The van der Waals surface area contributed by atoms with Gasteiger partial charge in [-0.15, -0.1) is 0 Å². The van der Waals surface area contributed by atoms with Crippen LogP contribution in [0.15, 0.2) is 4.36 Å². The lowest BCUT2D eigenvalue weighted by atomic mass is 10.5. The zero-order valence-electron chi connectivity index (χ0n) is 7.36. The molecule has 0 saturated carbocycles. The number of nitrogens with one attached hydrogen (secondary N) is 1. The largest absolute Gasteiger partial charge is 0.480 e. The Morgan fingerprint density at radius 1 is 1.46 bits per heavy atom. The Morgan fingerprint density at radius 3 is 2.92 bits per heavy atom. The summed E-state index contributed by atoms with van der Waals surface area (Å²) in [6.07, 6.45) is 0.807. The molecular weight excluding hydrogens is 192 g/mol. The Bertz CT molecular complexity index is 280. The molecule has 0 aromatic heterocycles. The highest BCUT2D eigenvalue weighted by atomic mass is 32.2. The molecule has 0 aliphatic carbocycles. The molecule has 1 aliphatic rings. The first-order valence-corrected chi connectivity index (χ1v) is 6.08. The van der Waals surface area contributed by atoms with Crippen molar-refractivity contribution in [3.05, 3.63) is 0 Å². The molecule has 1 rings (SSSR count). The van der Waals surface area contributed by atoms with Crippen LogP contribution in [0, 0.1) is 0 Å². The summed E-state index contributed by atoms with van der Waals surface area (Å²) in [6.45, 7) is 1.18. The first-order valence-electron chi connectivity index (χ1n) is 4.23. The highest BCUT2D eigenvalue weighted by Gasteiger charge is 2.12. The Kier molecular flexibility index (Phi) is 3.68. The van der Waals surface area contributed by atoms with Crippen LogP contribution < -0.4 is 5.32 Å². The molecular formula is C7H14N2O3S. The predicted octanol–water partition coefficient (Wildman–Crippen LogP) is -0.468. The Balaban J connectivity index is 2.66. The van der Waals surface area contributed by atoms with Gasteiger partial charge in [0, 0.05) is 27.8 Å². The van der Waals surface area contributed by atoms with Crippen molar-refractivity contribution in [2.45, 2.75) is 6.42 Å². The summed E-state index contributed by atoms with van der Waals surface area (Å²) in [5.41, 5.74) is 0. The highest BCUT2D eigenvalue weighted by molar-refractivity contribution is 7.93. The van der Waals surface area contributed by atoms with Crippen LogP contribution in [-0.2, 0) is 14.5 Å². The third-order valence-electron chi connectivity index (χ3n) is 1.85. The molecule has 1 unspecified atom stereocenters. The Hall–Kier alpha value is -0.620. The lowest BCUT2D eigenvalue weighted by molar-refractivity contribution is -0.135. The summed E-state index contributed by atoms with van der Waals surface area (Å²) in [7, 11) is -2.24. The SMILES string of the molecule is O=C(O)CN=S1(=O)CCCNCC1. The van der Waals surface area contributed by atoms with E-state index in [1.807, 2.05) is 0 Å². The molecule has 5 nitrogen and oxygen atoms in total. The van der Waals surface area contributed by atoms with Crippen LogP contribution in [0.1, 0.15) is 6.42 Å². The van der Waals surface area contributed by atoms with Gasteiger partial charge in [0.2, 0.25) is 0 Å². The summed E-state index contributed by atoms with van der Waals surface area (Å²) < 4.78 is 15.6. The molecule has 1 atom stereocenters. The average Bonchev–Trinajstić information content (AvgIpc) is 2.28. The van der Waals surface area contributed by atoms with Gasteiger partial charge in [-0.2, -0.15) is 0 Å². The molecule has 0 spiro atoms. The van der Waals surface area contributed by atoms with Crippen molar-refractivity contribution >= 4 is 15.7 Å². The van der Waals surface area contributed by atoms with E-state index < -0.39 is 15.7 Å². The van der Waals surface area contributed by atoms with E-state index in [0.717, 1.165) is 13.0 Å². The van der Waals surface area contributed by atoms with E-state index in [0.29, 0.717) is 18.1 Å². The van der Waals surface area contributed by atoms with Crippen molar-refractivity contribution in [2.24, 2.45) is 4.36 Å². The van der Waals surface area contributed by atoms with E-state index in [1.54, 1.807) is 0 Å². The summed E-state index contributed by atoms with van der Waals surface area (Å²) in [5, 5.41) is 11.5. The van der Waals surface area contributed by atoms with Crippen LogP contribution in [0.3, 0.4) is 0 Å². The van der Waals surface area contributed by atoms with Crippen LogP contribution in [0.4, 0.5) is 0 Å². The third-order valence-corrected chi connectivity index (χ3v) is 4.22. The van der Waals surface area contributed by atoms with Crippen LogP contribution in [-0.4, -0.2) is 46.4 Å². The second-order valence-electron chi connectivity index (χ2n) is 2.97. The minimum absolute atomic E-state index is 0.334. The van der Waals surface area contributed by atoms with Gasteiger partial charge < -0.3 is 10.4 Å². The Labute approximate surface area is 77.7 Å². The molecule has 0 aromatic carbocycles. The molecule has 1 saturated heterocycles. The number of aliphatic carboxylic acids is 1. The van der Waals surface area contributed by atoms with Gasteiger partial charge >= 0.3 is 5.97 Å². The zero-order chi connectivity index (χ0) is 9.73. The molecule has 6 heteroatoms. The summed E-state index contributed by atoms with van der Waals surface area (Å²) >= 11 is 0. The average molecular weight is 206 g/mol. The fourth-order valence-corrected chi connectivity index (χ4v) is 3.05. The molecule has 1 heterocycles. The molecule has 76 valence electrons. The number of carboxylic acid groups (broad SMARTS) is 1. The van der Waals surface area contributed by atoms with E-state index in [1.165, 1.54) is 0 Å². The minimum Gasteiger partial charge on any atom is -0.480 e. The number of hydrogen-bond acceptors (Lipinski definition) is 4. The van der Waals surface area contributed by atoms with Gasteiger partial charge in [-0.1, -0.05) is 0 Å². The predicted molar refractivity (Wildman–Crippen MR) is 50.3 cm³/mol. The minimum atomic E-state index is -2.24. The molecule has 0 aromatic rings. The van der Waals surface area contributed by atoms with Gasteiger partial charge in [0.1, 0.15) is 6.54 Å². The van der Waals surface area contributed by atoms with Crippen molar-refractivity contribution in [3.8, 4) is 0 Å². The van der Waals surface area contributed by atoms with Crippen LogP contribution in [0.25, 0.3) is 0 Å². The fourth-order valence-electron chi connectivity index (χ4n) is 1.18. The fraction of sp³-hybridized carbons (Fsp3) is 0.857. The first kappa shape index (κ1) is 10.5. The van der Waals surface area contributed by atoms with Crippen LogP contribution in [0.2, 0.25) is 0 Å². The van der Waals surface area contributed by atoms with Crippen molar-refractivity contribution in [3.63, 3.8) is 0 Å². The topological polar surface area (TPSA) is 78.8 Å². The Morgan fingerprint density at radius 2 is 2.23 bits per heavy atom. The van der Waals surface area contributed by atoms with Gasteiger partial charge in [0.05, 0.1) is 0 Å². The molecule has 0 bridgehead atoms. The summed E-state index contributed by atoms with van der Waals surface area (Å²) in [6, 6.07) is 0. The number of carbonyl (C=O) groups is 1. The van der Waals surface area contributed by atoms with Crippen molar-refractivity contribution in [2.75, 3.05) is 31.1 Å². The quantitative estimate of drug-likeness (QED) is 0.640. The maximum Gasteiger partial charge on any atom is 0.326 e. The lowest BCUT2D eigenvalue weighted by Crippen LogP contribution is -2.19. The smallest absolute Gasteiger partial charge is 0.326 e. The summed E-state index contributed by atoms with van der Waals surface area (Å²) in [4.78, 5) is 10.2. The normalized spacial score (nSPS) is 29.2. The molecule has 1 aliphatic heterocycles. The van der Waals surface area contributed by atoms with E-state index >= 15 is 0 Å². The maximum atomic E-state index is 11.9.